The number of hydrogen-bond donors (Lipinski definition) is 1. The monoisotopic (exact) mass is 264 g/mol. The largest absolute Gasteiger partial charge is 0.317 e. The van der Waals surface area contributed by atoms with Crippen LogP contribution in [0.25, 0.3) is 0 Å². The summed E-state index contributed by atoms with van der Waals surface area (Å²) in [5, 5.41) is 11.6. The van der Waals surface area contributed by atoms with Gasteiger partial charge in [0.1, 0.15) is 0 Å². The summed E-state index contributed by atoms with van der Waals surface area (Å²) < 4.78 is 24.4. The molecule has 5 heteroatoms. The van der Waals surface area contributed by atoms with Crippen molar-refractivity contribution in [2.45, 2.75) is 23.8 Å². The van der Waals surface area contributed by atoms with E-state index in [1.807, 2.05) is 6.07 Å². The van der Waals surface area contributed by atoms with E-state index in [-0.39, 0.29) is 11.0 Å². The highest BCUT2D eigenvalue weighted by atomic mass is 32.2. The Balaban J connectivity index is 2.09. The average Bonchev–Trinajstić information content (AvgIpc) is 2.40. The van der Waals surface area contributed by atoms with Crippen molar-refractivity contribution in [3.05, 3.63) is 35.4 Å². The van der Waals surface area contributed by atoms with Crippen LogP contribution >= 0.6 is 0 Å². The second kappa shape index (κ2) is 5.51. The van der Waals surface area contributed by atoms with Crippen molar-refractivity contribution in [3.63, 3.8) is 0 Å². The van der Waals surface area contributed by atoms with E-state index in [1.165, 1.54) is 0 Å². The topological polar surface area (TPSA) is 70.0 Å². The number of piperidine rings is 1. The summed E-state index contributed by atoms with van der Waals surface area (Å²) in [6, 6.07) is 8.78. The summed E-state index contributed by atoms with van der Waals surface area (Å²) in [6.07, 6.45) is 1.39. The van der Waals surface area contributed by atoms with Gasteiger partial charge < -0.3 is 5.32 Å². The van der Waals surface area contributed by atoms with E-state index < -0.39 is 9.84 Å². The summed E-state index contributed by atoms with van der Waals surface area (Å²) in [7, 11) is -3.08. The first kappa shape index (κ1) is 13.1. The van der Waals surface area contributed by atoms with Crippen molar-refractivity contribution >= 4 is 9.84 Å². The number of nitriles is 1. The van der Waals surface area contributed by atoms with Gasteiger partial charge in [-0.2, -0.15) is 5.26 Å². The molecule has 1 aromatic carbocycles. The molecule has 0 saturated carbocycles. The first-order valence-electron chi connectivity index (χ1n) is 6.03. The molecule has 0 atom stereocenters. The normalized spacial score (nSPS) is 17.3. The molecule has 96 valence electrons. The smallest absolute Gasteiger partial charge is 0.157 e. The molecule has 1 aromatic rings. The van der Waals surface area contributed by atoms with Crippen molar-refractivity contribution in [2.24, 2.45) is 0 Å². The zero-order valence-electron chi connectivity index (χ0n) is 10.1. The van der Waals surface area contributed by atoms with Gasteiger partial charge in [-0.3, -0.25) is 0 Å². The minimum absolute atomic E-state index is 0.0728. The minimum Gasteiger partial charge on any atom is -0.317 e. The number of nitrogens with zero attached hydrogens (tertiary/aromatic N) is 1. The lowest BCUT2D eigenvalue weighted by Crippen LogP contribution is -2.36. The molecule has 2 rings (SSSR count). The highest BCUT2D eigenvalue weighted by molar-refractivity contribution is 7.91. The number of hydrogen-bond acceptors (Lipinski definition) is 4. The lowest BCUT2D eigenvalue weighted by Gasteiger charge is -2.22. The van der Waals surface area contributed by atoms with Crippen LogP contribution in [0.3, 0.4) is 0 Å². The first-order valence-corrected chi connectivity index (χ1v) is 7.75. The van der Waals surface area contributed by atoms with Crippen LogP contribution in [0.2, 0.25) is 0 Å². The molecule has 0 aromatic heterocycles. The van der Waals surface area contributed by atoms with Crippen molar-refractivity contribution in [1.29, 1.82) is 5.26 Å². The maximum atomic E-state index is 12.2. The van der Waals surface area contributed by atoms with Crippen LogP contribution in [0.4, 0.5) is 0 Å². The van der Waals surface area contributed by atoms with E-state index in [9.17, 15) is 8.42 Å². The highest BCUT2D eigenvalue weighted by Gasteiger charge is 2.27. The van der Waals surface area contributed by atoms with Gasteiger partial charge in [-0.25, -0.2) is 8.42 Å². The predicted octanol–water partition coefficient (Wildman–Crippen LogP) is 1.23. The molecule has 1 saturated heterocycles. The van der Waals surface area contributed by atoms with E-state index in [1.54, 1.807) is 24.3 Å². The number of nitrogens with one attached hydrogen (secondary N) is 1. The zero-order chi connectivity index (χ0) is 13.0. The van der Waals surface area contributed by atoms with Gasteiger partial charge in [-0.05, 0) is 43.6 Å². The maximum absolute atomic E-state index is 12.2. The Labute approximate surface area is 108 Å². The second-order valence-electron chi connectivity index (χ2n) is 4.57. The average molecular weight is 264 g/mol. The molecule has 0 unspecified atom stereocenters. The summed E-state index contributed by atoms with van der Waals surface area (Å²) in [5.74, 6) is 0.0728. The van der Waals surface area contributed by atoms with Gasteiger partial charge in [0.05, 0.1) is 22.6 Å². The zero-order valence-corrected chi connectivity index (χ0v) is 10.9. The third-order valence-corrected chi connectivity index (χ3v) is 5.47. The van der Waals surface area contributed by atoms with Crippen molar-refractivity contribution in [1.82, 2.24) is 5.32 Å². The molecule has 18 heavy (non-hydrogen) atoms. The molecule has 1 heterocycles. The fourth-order valence-electron chi connectivity index (χ4n) is 2.18. The fraction of sp³-hybridized carbons (Fsp3) is 0.462. The first-order chi connectivity index (χ1) is 8.62. The summed E-state index contributed by atoms with van der Waals surface area (Å²) in [6.45, 7) is 1.55. The molecular formula is C13H16N2O2S. The van der Waals surface area contributed by atoms with Crippen LogP contribution in [0.5, 0.6) is 0 Å². The molecule has 1 aliphatic heterocycles. The Bertz CT molecular complexity index is 537. The summed E-state index contributed by atoms with van der Waals surface area (Å²) in [5.41, 5.74) is 1.31. The summed E-state index contributed by atoms with van der Waals surface area (Å²) >= 11 is 0. The van der Waals surface area contributed by atoms with Crippen molar-refractivity contribution < 1.29 is 8.42 Å². The molecule has 0 amide bonds. The molecule has 1 aliphatic rings. The second-order valence-corrected chi connectivity index (χ2v) is 6.85. The number of rotatable bonds is 3. The van der Waals surface area contributed by atoms with E-state index in [2.05, 4.69) is 5.32 Å². The Morgan fingerprint density at radius 1 is 1.22 bits per heavy atom. The standard InChI is InChI=1S/C13H16N2O2S/c14-9-11-1-3-12(4-2-11)10-18(16,17)13-5-7-15-8-6-13/h1-4,13,15H,5-8,10H2. The summed E-state index contributed by atoms with van der Waals surface area (Å²) in [4.78, 5) is 0. The Kier molecular flexibility index (Phi) is 4.00. The fourth-order valence-corrected chi connectivity index (χ4v) is 4.03. The van der Waals surface area contributed by atoms with E-state index in [0.29, 0.717) is 18.4 Å². The van der Waals surface area contributed by atoms with Gasteiger partial charge in [-0.1, -0.05) is 12.1 Å². The van der Waals surface area contributed by atoms with Crippen LogP contribution in [-0.4, -0.2) is 26.8 Å². The molecule has 0 spiro atoms. The Morgan fingerprint density at radius 3 is 2.39 bits per heavy atom. The van der Waals surface area contributed by atoms with Gasteiger partial charge in [0.15, 0.2) is 9.84 Å². The van der Waals surface area contributed by atoms with Gasteiger partial charge in [-0.15, -0.1) is 0 Å². The molecule has 0 aliphatic carbocycles. The van der Waals surface area contributed by atoms with Gasteiger partial charge in [0, 0.05) is 0 Å². The minimum atomic E-state index is -3.08. The van der Waals surface area contributed by atoms with E-state index in [4.69, 9.17) is 5.26 Å². The molecule has 1 fully saturated rings. The van der Waals surface area contributed by atoms with E-state index in [0.717, 1.165) is 18.7 Å². The maximum Gasteiger partial charge on any atom is 0.157 e. The SMILES string of the molecule is N#Cc1ccc(CS(=O)(=O)C2CCNCC2)cc1. The lowest BCUT2D eigenvalue weighted by atomic mass is 10.2. The van der Waals surface area contributed by atoms with Gasteiger partial charge in [0.25, 0.3) is 0 Å². The molecule has 4 nitrogen and oxygen atoms in total. The predicted molar refractivity (Wildman–Crippen MR) is 69.7 cm³/mol. The van der Waals surface area contributed by atoms with Crippen LogP contribution < -0.4 is 5.32 Å². The lowest BCUT2D eigenvalue weighted by molar-refractivity contribution is 0.496. The third kappa shape index (κ3) is 3.09. The van der Waals surface area contributed by atoms with Crippen LogP contribution in [0, 0.1) is 11.3 Å². The van der Waals surface area contributed by atoms with Crippen LogP contribution in [0.1, 0.15) is 24.0 Å². The molecule has 0 bridgehead atoms. The van der Waals surface area contributed by atoms with E-state index >= 15 is 0 Å². The quantitative estimate of drug-likeness (QED) is 0.891. The van der Waals surface area contributed by atoms with Crippen LogP contribution in [-0.2, 0) is 15.6 Å². The van der Waals surface area contributed by atoms with Crippen LogP contribution in [0.15, 0.2) is 24.3 Å². The molecule has 0 radical (unpaired) electrons. The van der Waals surface area contributed by atoms with Crippen molar-refractivity contribution in [3.8, 4) is 6.07 Å². The Morgan fingerprint density at radius 2 is 1.83 bits per heavy atom. The van der Waals surface area contributed by atoms with Gasteiger partial charge >= 0.3 is 0 Å². The molecule has 1 N–H and O–H groups in total. The number of sulfone groups is 1. The Hall–Kier alpha value is -1.38. The molecular weight excluding hydrogens is 248 g/mol. The van der Waals surface area contributed by atoms with Gasteiger partial charge in [0.2, 0.25) is 0 Å². The van der Waals surface area contributed by atoms with Crippen molar-refractivity contribution in [2.75, 3.05) is 13.1 Å². The number of benzene rings is 1. The third-order valence-electron chi connectivity index (χ3n) is 3.24. The highest BCUT2D eigenvalue weighted by Crippen LogP contribution is 2.18.